The molecule has 5 nitrogen and oxygen atoms in total. The predicted octanol–water partition coefficient (Wildman–Crippen LogP) is 1.54. The normalized spacial score (nSPS) is 23.1. The maximum Gasteiger partial charge on any atom is 0.150 e. The molecular formula is C13H22BrN3O2S. The summed E-state index contributed by atoms with van der Waals surface area (Å²) in [5.41, 5.74) is 2.13. The molecule has 2 heterocycles. The Kier molecular flexibility index (Phi) is 4.92. The van der Waals surface area contributed by atoms with Gasteiger partial charge in [-0.1, -0.05) is 0 Å². The van der Waals surface area contributed by atoms with Crippen LogP contribution in [0.1, 0.15) is 24.7 Å². The first-order chi connectivity index (χ1) is 9.38. The van der Waals surface area contributed by atoms with Crippen LogP contribution in [0.15, 0.2) is 4.47 Å². The van der Waals surface area contributed by atoms with E-state index in [1.165, 1.54) is 0 Å². The molecule has 0 saturated carbocycles. The lowest BCUT2D eigenvalue weighted by molar-refractivity contribution is 0.392. The Morgan fingerprint density at radius 1 is 1.55 bits per heavy atom. The average molecular weight is 364 g/mol. The van der Waals surface area contributed by atoms with Crippen LogP contribution >= 0.6 is 15.9 Å². The van der Waals surface area contributed by atoms with Gasteiger partial charge >= 0.3 is 0 Å². The zero-order valence-corrected chi connectivity index (χ0v) is 14.6. The number of likely N-dealkylation sites (N-methyl/N-ethyl adjacent to an activating group) is 1. The summed E-state index contributed by atoms with van der Waals surface area (Å²) in [5.74, 6) is 0.816. The molecule has 114 valence electrons. The quantitative estimate of drug-likeness (QED) is 0.861. The number of nitrogens with one attached hydrogen (secondary N) is 1. The molecule has 1 fully saturated rings. The number of aryl methyl sites for hydroxylation is 2. The molecule has 7 heteroatoms. The van der Waals surface area contributed by atoms with Crippen LogP contribution in [0.3, 0.4) is 0 Å². The number of rotatable bonds is 5. The molecule has 1 saturated heterocycles. The third-order valence-corrected chi connectivity index (χ3v) is 6.90. The molecule has 1 aromatic heterocycles. The van der Waals surface area contributed by atoms with Crippen molar-refractivity contribution >= 4 is 25.8 Å². The van der Waals surface area contributed by atoms with Gasteiger partial charge < -0.3 is 5.32 Å². The summed E-state index contributed by atoms with van der Waals surface area (Å²) in [6.07, 6.45) is 1.55. The Hall–Kier alpha value is -0.400. The highest BCUT2D eigenvalue weighted by atomic mass is 79.9. The molecule has 2 atom stereocenters. The van der Waals surface area contributed by atoms with Crippen molar-refractivity contribution in [1.82, 2.24) is 15.1 Å². The maximum atomic E-state index is 11.7. The van der Waals surface area contributed by atoms with Crippen LogP contribution in [0, 0.1) is 12.8 Å². The van der Waals surface area contributed by atoms with Crippen molar-refractivity contribution in [3.8, 4) is 0 Å². The van der Waals surface area contributed by atoms with Crippen molar-refractivity contribution in [2.24, 2.45) is 5.92 Å². The second kappa shape index (κ2) is 6.15. The van der Waals surface area contributed by atoms with E-state index in [0.29, 0.717) is 11.5 Å². The molecule has 20 heavy (non-hydrogen) atoms. The third kappa shape index (κ3) is 3.26. The molecule has 0 amide bonds. The van der Waals surface area contributed by atoms with Crippen LogP contribution in [0.4, 0.5) is 0 Å². The fourth-order valence-corrected chi connectivity index (χ4v) is 5.24. The second-order valence-corrected chi connectivity index (χ2v) is 8.45. The number of sulfone groups is 1. The van der Waals surface area contributed by atoms with Gasteiger partial charge in [0.05, 0.1) is 27.4 Å². The van der Waals surface area contributed by atoms with Gasteiger partial charge in [0, 0.05) is 19.0 Å². The number of hydrogen-bond donors (Lipinski definition) is 1. The number of nitrogens with zero attached hydrogens (tertiary/aromatic N) is 2. The minimum Gasteiger partial charge on any atom is -0.316 e. The molecule has 1 aromatic rings. The van der Waals surface area contributed by atoms with Crippen molar-refractivity contribution in [1.29, 1.82) is 0 Å². The van der Waals surface area contributed by atoms with Gasteiger partial charge in [-0.2, -0.15) is 5.10 Å². The fraction of sp³-hybridized carbons (Fsp3) is 0.769. The summed E-state index contributed by atoms with van der Waals surface area (Å²) in [4.78, 5) is 0. The maximum absolute atomic E-state index is 11.7. The lowest BCUT2D eigenvalue weighted by Gasteiger charge is -2.22. The zero-order valence-electron chi connectivity index (χ0n) is 12.2. The van der Waals surface area contributed by atoms with Gasteiger partial charge in [0.15, 0.2) is 9.84 Å². The summed E-state index contributed by atoms with van der Waals surface area (Å²) in [6, 6.07) is 0.171. The summed E-state index contributed by atoms with van der Waals surface area (Å²) in [6.45, 7) is 4.87. The number of hydrogen-bond acceptors (Lipinski definition) is 4. The van der Waals surface area contributed by atoms with E-state index >= 15 is 0 Å². The van der Waals surface area contributed by atoms with Crippen molar-refractivity contribution < 1.29 is 8.42 Å². The predicted molar refractivity (Wildman–Crippen MR) is 83.7 cm³/mol. The van der Waals surface area contributed by atoms with Crippen molar-refractivity contribution in [2.75, 3.05) is 18.6 Å². The Bertz CT molecular complexity index is 583. The second-order valence-electron chi connectivity index (χ2n) is 5.42. The van der Waals surface area contributed by atoms with Gasteiger partial charge in [0.2, 0.25) is 0 Å². The van der Waals surface area contributed by atoms with E-state index in [-0.39, 0.29) is 12.0 Å². The molecule has 1 N–H and O–H groups in total. The highest BCUT2D eigenvalue weighted by Crippen LogP contribution is 2.27. The van der Waals surface area contributed by atoms with Crippen molar-refractivity contribution in [3.05, 3.63) is 15.9 Å². The van der Waals surface area contributed by atoms with Crippen LogP contribution in [0.2, 0.25) is 0 Å². The van der Waals surface area contributed by atoms with Crippen molar-refractivity contribution in [3.63, 3.8) is 0 Å². The lowest BCUT2D eigenvalue weighted by Crippen LogP contribution is -2.37. The van der Waals surface area contributed by atoms with E-state index in [0.717, 1.165) is 35.2 Å². The molecule has 0 spiro atoms. The first-order valence-corrected chi connectivity index (χ1v) is 9.58. The minimum absolute atomic E-state index is 0.171. The molecule has 1 aliphatic heterocycles. The zero-order chi connectivity index (χ0) is 14.9. The van der Waals surface area contributed by atoms with Crippen LogP contribution in [0.25, 0.3) is 0 Å². The van der Waals surface area contributed by atoms with Gasteiger partial charge in [-0.3, -0.25) is 4.68 Å². The van der Waals surface area contributed by atoms with Crippen molar-refractivity contribution in [2.45, 2.75) is 39.3 Å². The van der Waals surface area contributed by atoms with Gasteiger partial charge in [-0.25, -0.2) is 8.42 Å². The van der Waals surface area contributed by atoms with Crippen LogP contribution in [-0.2, 0) is 22.8 Å². The van der Waals surface area contributed by atoms with E-state index in [1.807, 2.05) is 18.7 Å². The molecule has 1 aliphatic rings. The van der Waals surface area contributed by atoms with E-state index in [9.17, 15) is 8.42 Å². The van der Waals surface area contributed by atoms with E-state index in [4.69, 9.17) is 0 Å². The molecule has 2 rings (SSSR count). The molecule has 0 aliphatic carbocycles. The smallest absolute Gasteiger partial charge is 0.150 e. The Balaban J connectivity index is 2.19. The SMILES string of the molecule is CCn1nc(C)c(Br)c1CC(NC)C1CCS(=O)(=O)C1. The van der Waals surface area contributed by atoms with E-state index in [1.54, 1.807) is 0 Å². The Morgan fingerprint density at radius 3 is 2.75 bits per heavy atom. The topological polar surface area (TPSA) is 64.0 Å². The minimum atomic E-state index is -2.84. The van der Waals surface area contributed by atoms with E-state index < -0.39 is 9.84 Å². The molecule has 0 aromatic carbocycles. The number of halogens is 1. The molecular weight excluding hydrogens is 342 g/mol. The average Bonchev–Trinajstić information content (AvgIpc) is 2.89. The van der Waals surface area contributed by atoms with Crippen LogP contribution in [-0.4, -0.2) is 42.8 Å². The fourth-order valence-electron chi connectivity index (χ4n) is 2.92. The van der Waals surface area contributed by atoms with Gasteiger partial charge in [-0.05, 0) is 49.2 Å². The summed E-state index contributed by atoms with van der Waals surface area (Å²) in [5, 5.41) is 7.79. The monoisotopic (exact) mass is 363 g/mol. The first-order valence-electron chi connectivity index (χ1n) is 6.97. The first kappa shape index (κ1) is 16.0. The molecule has 0 bridgehead atoms. The summed E-state index contributed by atoms with van der Waals surface area (Å²) >= 11 is 3.60. The summed E-state index contributed by atoms with van der Waals surface area (Å²) in [7, 11) is -0.932. The summed E-state index contributed by atoms with van der Waals surface area (Å²) < 4.78 is 26.3. The van der Waals surface area contributed by atoms with Gasteiger partial charge in [-0.15, -0.1) is 0 Å². The standard InChI is InChI=1S/C13H22BrN3O2S/c1-4-17-12(13(14)9(2)16-17)7-11(15-3)10-5-6-20(18,19)8-10/h10-11,15H,4-8H2,1-3H3. The highest BCUT2D eigenvalue weighted by molar-refractivity contribution is 9.10. The van der Waals surface area contributed by atoms with Gasteiger partial charge in [0.25, 0.3) is 0 Å². The molecule has 2 unspecified atom stereocenters. The lowest BCUT2D eigenvalue weighted by atomic mass is 9.95. The Morgan fingerprint density at radius 2 is 2.25 bits per heavy atom. The third-order valence-electron chi connectivity index (χ3n) is 4.07. The Labute approximate surface area is 129 Å². The van der Waals surface area contributed by atoms with E-state index in [2.05, 4.69) is 33.3 Å². The molecule has 0 radical (unpaired) electrons. The van der Waals surface area contributed by atoms with Crippen LogP contribution in [0.5, 0.6) is 0 Å². The van der Waals surface area contributed by atoms with Crippen LogP contribution < -0.4 is 5.32 Å². The number of aromatic nitrogens is 2. The van der Waals surface area contributed by atoms with Gasteiger partial charge in [0.1, 0.15) is 0 Å². The largest absolute Gasteiger partial charge is 0.316 e. The highest BCUT2D eigenvalue weighted by Gasteiger charge is 2.34.